The monoisotopic (exact) mass is 510 g/mol. The third-order valence-electron chi connectivity index (χ3n) is 5.56. The highest BCUT2D eigenvalue weighted by atomic mass is 32.2. The molecular weight excluding hydrogens is 483 g/mol. The van der Waals surface area contributed by atoms with E-state index in [1.54, 1.807) is 25.4 Å². The fourth-order valence-electron chi connectivity index (χ4n) is 3.33. The minimum Gasteiger partial charge on any atom is -0.479 e. The first kappa shape index (κ1) is 25.3. The average Bonchev–Trinajstić information content (AvgIpc) is 3.73. The summed E-state index contributed by atoms with van der Waals surface area (Å²) in [5.74, 6) is 5.74. The van der Waals surface area contributed by atoms with E-state index in [0.717, 1.165) is 11.6 Å². The van der Waals surface area contributed by atoms with Gasteiger partial charge in [0.15, 0.2) is 15.7 Å². The molecule has 3 N–H and O–H groups in total. The van der Waals surface area contributed by atoms with Crippen molar-refractivity contribution in [3.05, 3.63) is 48.2 Å². The first-order valence-electron chi connectivity index (χ1n) is 11.5. The van der Waals surface area contributed by atoms with E-state index in [4.69, 9.17) is 10.5 Å². The number of amidine groups is 1. The molecule has 0 bridgehead atoms. The molecule has 0 spiro atoms. The van der Waals surface area contributed by atoms with Crippen molar-refractivity contribution in [3.63, 3.8) is 0 Å². The molecule has 0 aromatic carbocycles. The Morgan fingerprint density at radius 1 is 1.19 bits per heavy atom. The number of pyridine rings is 3. The number of ether oxygens (including phenoxy) is 1. The number of nitrogens with zero attached hydrogens (tertiary/aromatic N) is 4. The van der Waals surface area contributed by atoms with Gasteiger partial charge in [-0.15, -0.1) is 5.92 Å². The molecule has 9 nitrogen and oxygen atoms in total. The van der Waals surface area contributed by atoms with Crippen molar-refractivity contribution >= 4 is 38.2 Å². The van der Waals surface area contributed by atoms with E-state index in [1.165, 1.54) is 32.3 Å². The molecule has 1 aliphatic heterocycles. The van der Waals surface area contributed by atoms with E-state index in [-0.39, 0.29) is 29.6 Å². The van der Waals surface area contributed by atoms with Gasteiger partial charge in [0.05, 0.1) is 24.2 Å². The molecule has 0 radical (unpaired) electrons. The topological polar surface area (TPSA) is 132 Å². The Morgan fingerprint density at radius 2 is 1.97 bits per heavy atom. The lowest BCUT2D eigenvalue weighted by Gasteiger charge is -2.24. The summed E-state index contributed by atoms with van der Waals surface area (Å²) < 4.78 is 44.8. The average molecular weight is 511 g/mol. The largest absolute Gasteiger partial charge is 0.479 e. The smallest absolute Gasteiger partial charge is 0.162 e. The molecule has 1 aliphatic carbocycles. The summed E-state index contributed by atoms with van der Waals surface area (Å²) >= 11 is 0. The van der Waals surface area contributed by atoms with E-state index >= 15 is 0 Å². The number of aliphatic imine (C=N–C) groups is 1. The van der Waals surface area contributed by atoms with Crippen molar-refractivity contribution in [3.8, 4) is 17.6 Å². The summed E-state index contributed by atoms with van der Waals surface area (Å²) in [6.07, 6.45) is 8.65. The standard InChI is InChI=1S/C22H21FN6O3S.C3H6/c1-3-4-7-32-15-8-14-5-6-25-22(20(14)27-10-15)29-19-9-16(17(23)11-26-19)18-12-33(30,31)13(2)21(24)28-18;1-2-3-1/h5-6,8-11,13,18H,7,12H2,1-2H3,(H2,24,28)(H,25,26,29);1-3H2. The van der Waals surface area contributed by atoms with Gasteiger partial charge in [0.25, 0.3) is 0 Å². The molecule has 3 aromatic heterocycles. The number of nitrogens with one attached hydrogen (secondary N) is 1. The number of halogens is 1. The normalized spacial score (nSPS) is 19.7. The van der Waals surface area contributed by atoms with Crippen LogP contribution in [0.2, 0.25) is 0 Å². The third kappa shape index (κ3) is 6.07. The molecule has 0 amide bonds. The van der Waals surface area contributed by atoms with Gasteiger partial charge >= 0.3 is 0 Å². The van der Waals surface area contributed by atoms with E-state index in [9.17, 15) is 12.8 Å². The lowest BCUT2D eigenvalue weighted by Crippen LogP contribution is -2.40. The van der Waals surface area contributed by atoms with Crippen LogP contribution in [0.25, 0.3) is 10.9 Å². The molecule has 3 aromatic rings. The van der Waals surface area contributed by atoms with Crippen LogP contribution in [0.15, 0.2) is 41.8 Å². The second-order valence-corrected chi connectivity index (χ2v) is 10.8. The Balaban J connectivity index is 0.000000943. The lowest BCUT2D eigenvalue weighted by molar-refractivity contribution is 0.369. The van der Waals surface area contributed by atoms with Crippen LogP contribution in [0.3, 0.4) is 0 Å². The SMILES string of the molecule is C1CC1.CC#CCOc1cnc2c(Nc3cc(C4CS(=O)(=O)C(C)C(N)=N4)c(F)cn3)nccc2c1. The van der Waals surface area contributed by atoms with Gasteiger partial charge in [-0.1, -0.05) is 25.2 Å². The maximum absolute atomic E-state index is 14.5. The lowest BCUT2D eigenvalue weighted by atomic mass is 10.1. The van der Waals surface area contributed by atoms with Crippen LogP contribution in [0.5, 0.6) is 5.75 Å². The molecule has 36 heavy (non-hydrogen) atoms. The summed E-state index contributed by atoms with van der Waals surface area (Å²) in [5, 5.41) is 2.89. The Kier molecular flexibility index (Phi) is 7.64. The predicted molar refractivity (Wildman–Crippen MR) is 137 cm³/mol. The third-order valence-corrected chi connectivity index (χ3v) is 7.66. The zero-order valence-electron chi connectivity index (χ0n) is 20.0. The number of fused-ring (bicyclic) bond motifs is 1. The second kappa shape index (κ2) is 10.9. The number of anilines is 2. The molecule has 1 saturated carbocycles. The predicted octanol–water partition coefficient (Wildman–Crippen LogP) is 3.70. The highest BCUT2D eigenvalue weighted by Crippen LogP contribution is 2.30. The molecule has 2 aliphatic rings. The number of sulfone groups is 1. The summed E-state index contributed by atoms with van der Waals surface area (Å²) in [5.41, 5.74) is 6.41. The number of nitrogens with two attached hydrogens (primary N) is 1. The number of hydrogen-bond donors (Lipinski definition) is 2. The summed E-state index contributed by atoms with van der Waals surface area (Å²) in [4.78, 5) is 17.0. The molecule has 0 saturated heterocycles. The van der Waals surface area contributed by atoms with Gasteiger partial charge in [-0.3, -0.25) is 4.99 Å². The first-order chi connectivity index (χ1) is 17.3. The van der Waals surface area contributed by atoms with Crippen LogP contribution in [0.1, 0.15) is 44.7 Å². The summed E-state index contributed by atoms with van der Waals surface area (Å²) in [6.45, 7) is 3.45. The molecule has 188 valence electrons. The molecule has 1 fully saturated rings. The van der Waals surface area contributed by atoms with Crippen molar-refractivity contribution < 1.29 is 17.5 Å². The maximum Gasteiger partial charge on any atom is 0.162 e. The van der Waals surface area contributed by atoms with Gasteiger partial charge in [0, 0.05) is 17.1 Å². The van der Waals surface area contributed by atoms with E-state index < -0.39 is 26.9 Å². The van der Waals surface area contributed by atoms with Crippen molar-refractivity contribution in [1.82, 2.24) is 15.0 Å². The first-order valence-corrected chi connectivity index (χ1v) is 13.2. The quantitative estimate of drug-likeness (QED) is 0.497. The molecule has 11 heteroatoms. The zero-order chi connectivity index (χ0) is 25.7. The van der Waals surface area contributed by atoms with E-state index in [0.29, 0.717) is 17.1 Å². The molecular formula is C25H27FN6O3S. The minimum absolute atomic E-state index is 0.0418. The highest BCUT2D eigenvalue weighted by Gasteiger charge is 2.35. The highest BCUT2D eigenvalue weighted by molar-refractivity contribution is 7.92. The molecule has 5 rings (SSSR count). The van der Waals surface area contributed by atoms with Gasteiger partial charge in [-0.2, -0.15) is 0 Å². The Labute approximate surface area is 209 Å². The van der Waals surface area contributed by atoms with Crippen LogP contribution >= 0.6 is 0 Å². The van der Waals surface area contributed by atoms with Gasteiger partial charge in [0.2, 0.25) is 0 Å². The van der Waals surface area contributed by atoms with Gasteiger partial charge in [0.1, 0.15) is 40.6 Å². The Morgan fingerprint density at radius 3 is 2.67 bits per heavy atom. The molecule has 2 atom stereocenters. The van der Waals surface area contributed by atoms with Crippen molar-refractivity contribution in [2.75, 3.05) is 17.7 Å². The number of hydrogen-bond acceptors (Lipinski definition) is 9. The maximum atomic E-state index is 14.5. The number of rotatable bonds is 5. The van der Waals surface area contributed by atoms with Gasteiger partial charge in [-0.05, 0) is 32.0 Å². The van der Waals surface area contributed by atoms with Crippen molar-refractivity contribution in [2.24, 2.45) is 10.7 Å². The summed E-state index contributed by atoms with van der Waals surface area (Å²) in [7, 11) is -3.54. The van der Waals surface area contributed by atoms with E-state index in [1.807, 2.05) is 6.07 Å². The van der Waals surface area contributed by atoms with Crippen LogP contribution in [-0.4, -0.2) is 46.8 Å². The van der Waals surface area contributed by atoms with Gasteiger partial charge in [-0.25, -0.2) is 27.8 Å². The van der Waals surface area contributed by atoms with Crippen LogP contribution in [0.4, 0.5) is 16.0 Å². The second-order valence-electron chi connectivity index (χ2n) is 8.44. The minimum atomic E-state index is -3.54. The van der Waals surface area contributed by atoms with Crippen molar-refractivity contribution in [1.29, 1.82) is 0 Å². The zero-order valence-corrected chi connectivity index (χ0v) is 20.8. The number of aromatic nitrogens is 3. The van der Waals surface area contributed by atoms with Gasteiger partial charge < -0.3 is 15.8 Å². The van der Waals surface area contributed by atoms with E-state index in [2.05, 4.69) is 37.1 Å². The summed E-state index contributed by atoms with van der Waals surface area (Å²) in [6, 6.07) is 4.03. The fraction of sp³-hybridized carbons (Fsp3) is 0.360. The fourth-order valence-corrected chi connectivity index (χ4v) is 4.74. The molecule has 4 heterocycles. The van der Waals surface area contributed by atoms with Crippen LogP contribution in [-0.2, 0) is 9.84 Å². The Bertz CT molecular complexity index is 1460. The Hall–Kier alpha value is -3.78. The van der Waals surface area contributed by atoms with Crippen molar-refractivity contribution in [2.45, 2.75) is 44.4 Å². The van der Waals surface area contributed by atoms with Crippen LogP contribution < -0.4 is 15.8 Å². The molecule has 2 unspecified atom stereocenters. The van der Waals surface area contributed by atoms with Crippen LogP contribution in [0, 0.1) is 17.7 Å².